The van der Waals surface area contributed by atoms with Crippen LogP contribution in [-0.4, -0.2) is 9.55 Å². The molecule has 0 aliphatic rings. The normalized spacial score (nSPS) is 12.7. The fourth-order valence-electron chi connectivity index (χ4n) is 1.81. The van der Waals surface area contributed by atoms with Gasteiger partial charge in [0.05, 0.1) is 11.7 Å². The first-order chi connectivity index (χ1) is 7.59. The van der Waals surface area contributed by atoms with Crippen molar-refractivity contribution in [3.63, 3.8) is 0 Å². The van der Waals surface area contributed by atoms with Gasteiger partial charge in [-0.25, -0.2) is 4.98 Å². The van der Waals surface area contributed by atoms with Crippen LogP contribution in [0.4, 0.5) is 5.95 Å². The van der Waals surface area contributed by atoms with Gasteiger partial charge < -0.3 is 10.3 Å². The van der Waals surface area contributed by atoms with Crippen LogP contribution in [0.2, 0.25) is 5.02 Å². The molecule has 0 aliphatic carbocycles. The summed E-state index contributed by atoms with van der Waals surface area (Å²) < 4.78 is 1.93. The lowest BCUT2D eigenvalue weighted by Crippen LogP contribution is -2.09. The van der Waals surface area contributed by atoms with Gasteiger partial charge in [0.25, 0.3) is 0 Å². The zero-order valence-electron chi connectivity index (χ0n) is 9.31. The molecule has 0 spiro atoms. The number of halogens is 1. The van der Waals surface area contributed by atoms with Crippen molar-refractivity contribution in [2.45, 2.75) is 19.9 Å². The molecule has 4 heteroatoms. The number of nitrogen functional groups attached to an aromatic ring is 1. The fourth-order valence-corrected chi connectivity index (χ4v) is 2.10. The smallest absolute Gasteiger partial charge is 0.200 e. The highest BCUT2D eigenvalue weighted by Gasteiger charge is 2.13. The lowest BCUT2D eigenvalue weighted by molar-refractivity contribution is 0.648. The Kier molecular flexibility index (Phi) is 2.88. The number of hydrogen-bond acceptors (Lipinski definition) is 2. The molecule has 1 atom stereocenters. The van der Waals surface area contributed by atoms with Crippen molar-refractivity contribution in [3.8, 4) is 0 Å². The molecule has 0 bridgehead atoms. The number of nitrogens with two attached hydrogens (primary N) is 1. The van der Waals surface area contributed by atoms with Gasteiger partial charge in [0.2, 0.25) is 5.95 Å². The van der Waals surface area contributed by atoms with E-state index < -0.39 is 0 Å². The number of nitrogens with zero attached hydrogens (tertiary/aromatic N) is 2. The standard InChI is InChI=1S/C12H14ClN3/c1-8-7-16(12(14)15-8)9(2)10-5-3-4-6-11(10)13/h3-7,9H,1-2H3,(H2,14,15). The van der Waals surface area contributed by atoms with Crippen molar-refractivity contribution < 1.29 is 0 Å². The quantitative estimate of drug-likeness (QED) is 0.870. The molecule has 0 amide bonds. The maximum absolute atomic E-state index is 6.15. The highest BCUT2D eigenvalue weighted by atomic mass is 35.5. The van der Waals surface area contributed by atoms with Crippen LogP contribution < -0.4 is 5.73 Å². The fraction of sp³-hybridized carbons (Fsp3) is 0.250. The highest BCUT2D eigenvalue weighted by Crippen LogP contribution is 2.27. The van der Waals surface area contributed by atoms with E-state index in [1.54, 1.807) is 0 Å². The molecular formula is C12H14ClN3. The third-order valence-corrected chi connectivity index (χ3v) is 3.00. The molecule has 0 fully saturated rings. The van der Waals surface area contributed by atoms with E-state index in [9.17, 15) is 0 Å². The Hall–Kier alpha value is -1.48. The van der Waals surface area contributed by atoms with E-state index in [-0.39, 0.29) is 6.04 Å². The maximum Gasteiger partial charge on any atom is 0.200 e. The van der Waals surface area contributed by atoms with E-state index in [2.05, 4.69) is 11.9 Å². The molecule has 3 nitrogen and oxygen atoms in total. The lowest BCUT2D eigenvalue weighted by atomic mass is 10.1. The number of aryl methyl sites for hydroxylation is 1. The predicted octanol–water partition coefficient (Wildman–Crippen LogP) is 3.04. The van der Waals surface area contributed by atoms with Crippen LogP contribution in [-0.2, 0) is 0 Å². The van der Waals surface area contributed by atoms with Crippen LogP contribution in [0.1, 0.15) is 24.2 Å². The number of imidazole rings is 1. The molecule has 1 unspecified atom stereocenters. The minimum atomic E-state index is 0.0925. The van der Waals surface area contributed by atoms with Gasteiger partial charge >= 0.3 is 0 Å². The second-order valence-corrected chi connectivity index (χ2v) is 4.25. The molecule has 2 N–H and O–H groups in total. The molecule has 2 aromatic rings. The number of rotatable bonds is 2. The monoisotopic (exact) mass is 235 g/mol. The molecule has 1 aromatic carbocycles. The summed E-state index contributed by atoms with van der Waals surface area (Å²) >= 11 is 6.15. The number of anilines is 1. The Bertz CT molecular complexity index is 505. The topological polar surface area (TPSA) is 43.8 Å². The SMILES string of the molecule is Cc1cn(C(C)c2ccccc2Cl)c(N)n1. The molecule has 0 saturated carbocycles. The molecule has 1 aromatic heterocycles. The Morgan fingerprint density at radius 1 is 1.38 bits per heavy atom. The zero-order valence-corrected chi connectivity index (χ0v) is 10.1. The summed E-state index contributed by atoms with van der Waals surface area (Å²) in [6, 6.07) is 7.86. The zero-order chi connectivity index (χ0) is 11.7. The van der Waals surface area contributed by atoms with Crippen LogP contribution in [0, 0.1) is 6.92 Å². The van der Waals surface area contributed by atoms with E-state index in [0.29, 0.717) is 5.95 Å². The van der Waals surface area contributed by atoms with E-state index in [0.717, 1.165) is 16.3 Å². The Balaban J connectivity index is 2.43. The highest BCUT2D eigenvalue weighted by molar-refractivity contribution is 6.31. The van der Waals surface area contributed by atoms with Crippen molar-refractivity contribution in [1.82, 2.24) is 9.55 Å². The maximum atomic E-state index is 6.15. The van der Waals surface area contributed by atoms with Gasteiger partial charge in [-0.15, -0.1) is 0 Å². The summed E-state index contributed by atoms with van der Waals surface area (Å²) in [4.78, 5) is 4.18. The van der Waals surface area contributed by atoms with Crippen molar-refractivity contribution >= 4 is 17.5 Å². The van der Waals surface area contributed by atoms with Gasteiger partial charge in [-0.1, -0.05) is 29.8 Å². The first-order valence-corrected chi connectivity index (χ1v) is 5.52. The van der Waals surface area contributed by atoms with Crippen molar-refractivity contribution in [3.05, 3.63) is 46.7 Å². The summed E-state index contributed by atoms with van der Waals surface area (Å²) in [5, 5.41) is 0.751. The summed E-state index contributed by atoms with van der Waals surface area (Å²) in [6.07, 6.45) is 1.93. The Morgan fingerprint density at radius 3 is 2.62 bits per heavy atom. The van der Waals surface area contributed by atoms with E-state index >= 15 is 0 Å². The Morgan fingerprint density at radius 2 is 2.06 bits per heavy atom. The van der Waals surface area contributed by atoms with Crippen LogP contribution in [0.5, 0.6) is 0 Å². The molecule has 84 valence electrons. The van der Waals surface area contributed by atoms with Gasteiger partial charge in [-0.05, 0) is 25.5 Å². The third kappa shape index (κ3) is 1.91. The number of hydrogen-bond donors (Lipinski definition) is 1. The molecule has 2 rings (SSSR count). The lowest BCUT2D eigenvalue weighted by Gasteiger charge is -2.16. The number of aromatic nitrogens is 2. The summed E-state index contributed by atoms with van der Waals surface area (Å²) in [7, 11) is 0. The van der Waals surface area contributed by atoms with Crippen LogP contribution in [0.15, 0.2) is 30.5 Å². The first-order valence-electron chi connectivity index (χ1n) is 5.15. The molecule has 0 aliphatic heterocycles. The molecule has 0 saturated heterocycles. The second kappa shape index (κ2) is 4.18. The van der Waals surface area contributed by atoms with E-state index in [1.807, 2.05) is 42.0 Å². The van der Waals surface area contributed by atoms with Crippen molar-refractivity contribution in [1.29, 1.82) is 0 Å². The van der Waals surface area contributed by atoms with Gasteiger partial charge in [-0.2, -0.15) is 0 Å². The predicted molar refractivity (Wildman–Crippen MR) is 66.6 cm³/mol. The van der Waals surface area contributed by atoms with Crippen LogP contribution in [0.3, 0.4) is 0 Å². The molecular weight excluding hydrogens is 222 g/mol. The van der Waals surface area contributed by atoms with Crippen molar-refractivity contribution in [2.24, 2.45) is 0 Å². The Labute approximate surface area is 99.9 Å². The van der Waals surface area contributed by atoms with Gasteiger partial charge in [0.1, 0.15) is 0 Å². The first kappa shape index (κ1) is 11.0. The third-order valence-electron chi connectivity index (χ3n) is 2.65. The van der Waals surface area contributed by atoms with Gasteiger partial charge in [0, 0.05) is 11.2 Å². The minimum Gasteiger partial charge on any atom is -0.369 e. The average Bonchev–Trinajstić information content (AvgIpc) is 2.58. The minimum absolute atomic E-state index is 0.0925. The second-order valence-electron chi connectivity index (χ2n) is 3.85. The molecule has 0 radical (unpaired) electrons. The van der Waals surface area contributed by atoms with Crippen molar-refractivity contribution in [2.75, 3.05) is 5.73 Å². The van der Waals surface area contributed by atoms with Gasteiger partial charge in [0.15, 0.2) is 0 Å². The average molecular weight is 236 g/mol. The number of benzene rings is 1. The molecule has 1 heterocycles. The molecule has 16 heavy (non-hydrogen) atoms. The van der Waals surface area contributed by atoms with E-state index in [1.165, 1.54) is 0 Å². The van der Waals surface area contributed by atoms with E-state index in [4.69, 9.17) is 17.3 Å². The largest absolute Gasteiger partial charge is 0.369 e. The van der Waals surface area contributed by atoms with Crippen LogP contribution in [0.25, 0.3) is 0 Å². The summed E-state index contributed by atoms with van der Waals surface area (Å²) in [5.74, 6) is 0.518. The summed E-state index contributed by atoms with van der Waals surface area (Å²) in [5.41, 5.74) is 7.80. The van der Waals surface area contributed by atoms with Gasteiger partial charge in [-0.3, -0.25) is 0 Å². The summed E-state index contributed by atoms with van der Waals surface area (Å²) in [6.45, 7) is 3.98. The van der Waals surface area contributed by atoms with Crippen LogP contribution >= 0.6 is 11.6 Å².